The van der Waals surface area contributed by atoms with Crippen LogP contribution in [0.25, 0.3) is 11.0 Å². The van der Waals surface area contributed by atoms with Gasteiger partial charge in [-0.3, -0.25) is 9.59 Å². The molecule has 0 bridgehead atoms. The number of rotatable bonds is 7. The van der Waals surface area contributed by atoms with Crippen molar-refractivity contribution in [3.8, 4) is 11.5 Å². The van der Waals surface area contributed by atoms with E-state index in [0.717, 1.165) is 16.5 Å². The summed E-state index contributed by atoms with van der Waals surface area (Å²) in [5.74, 6) is 0.0733. The SMILES string of the molecule is COc1ccc(C(=O)NCC(=O)N/N=C(\C)c2coc3ccccc23)cc1OC. The molecular formula is C21H21N3O5. The second-order valence-electron chi connectivity index (χ2n) is 6.13. The van der Waals surface area contributed by atoms with Gasteiger partial charge in [0.1, 0.15) is 11.8 Å². The minimum atomic E-state index is -0.453. The van der Waals surface area contributed by atoms with Gasteiger partial charge < -0.3 is 19.2 Å². The summed E-state index contributed by atoms with van der Waals surface area (Å²) in [6.07, 6.45) is 1.59. The standard InChI is InChI=1S/C21H21N3O5/c1-13(16-12-29-17-7-5-4-6-15(16)17)23-24-20(25)11-22-21(26)14-8-9-18(27-2)19(10-14)28-3/h4-10,12H,11H2,1-3H3,(H,22,26)(H,24,25)/b23-13+. The van der Waals surface area contributed by atoms with E-state index in [1.54, 1.807) is 31.4 Å². The van der Waals surface area contributed by atoms with E-state index in [9.17, 15) is 9.59 Å². The largest absolute Gasteiger partial charge is 0.493 e. The summed E-state index contributed by atoms with van der Waals surface area (Å²) in [6.45, 7) is 1.54. The molecule has 1 aromatic heterocycles. The summed E-state index contributed by atoms with van der Waals surface area (Å²) in [7, 11) is 2.99. The Morgan fingerprint density at radius 2 is 1.83 bits per heavy atom. The van der Waals surface area contributed by atoms with Gasteiger partial charge in [0.15, 0.2) is 11.5 Å². The first-order chi connectivity index (χ1) is 14.0. The number of amides is 2. The highest BCUT2D eigenvalue weighted by Crippen LogP contribution is 2.27. The Morgan fingerprint density at radius 3 is 2.59 bits per heavy atom. The zero-order valence-corrected chi connectivity index (χ0v) is 16.3. The fraction of sp³-hybridized carbons (Fsp3) is 0.190. The van der Waals surface area contributed by atoms with Crippen LogP contribution in [0.5, 0.6) is 11.5 Å². The van der Waals surface area contributed by atoms with Crippen molar-refractivity contribution >= 4 is 28.5 Å². The Balaban J connectivity index is 1.58. The van der Waals surface area contributed by atoms with Crippen molar-refractivity contribution in [2.45, 2.75) is 6.92 Å². The van der Waals surface area contributed by atoms with Gasteiger partial charge in [-0.15, -0.1) is 0 Å². The van der Waals surface area contributed by atoms with Crippen LogP contribution < -0.4 is 20.2 Å². The summed E-state index contributed by atoms with van der Waals surface area (Å²) in [5, 5.41) is 7.53. The first kappa shape index (κ1) is 19.9. The lowest BCUT2D eigenvalue weighted by Gasteiger charge is -2.09. The predicted molar refractivity (Wildman–Crippen MR) is 108 cm³/mol. The molecule has 1 heterocycles. The quantitative estimate of drug-likeness (QED) is 0.473. The smallest absolute Gasteiger partial charge is 0.259 e. The number of fused-ring (bicyclic) bond motifs is 1. The monoisotopic (exact) mass is 395 g/mol. The van der Waals surface area contributed by atoms with Crippen LogP contribution in [0.1, 0.15) is 22.8 Å². The lowest BCUT2D eigenvalue weighted by atomic mass is 10.1. The van der Waals surface area contributed by atoms with Gasteiger partial charge in [-0.25, -0.2) is 5.43 Å². The van der Waals surface area contributed by atoms with Crippen LogP contribution in [0, 0.1) is 0 Å². The van der Waals surface area contributed by atoms with Crippen LogP contribution in [0.3, 0.4) is 0 Å². The van der Waals surface area contributed by atoms with Crippen molar-refractivity contribution in [3.63, 3.8) is 0 Å². The van der Waals surface area contributed by atoms with E-state index in [1.165, 1.54) is 14.2 Å². The van der Waals surface area contributed by atoms with Crippen LogP contribution >= 0.6 is 0 Å². The maximum absolute atomic E-state index is 12.3. The van der Waals surface area contributed by atoms with E-state index < -0.39 is 11.8 Å². The number of carbonyl (C=O) groups is 2. The highest BCUT2D eigenvalue weighted by molar-refractivity contribution is 6.09. The molecule has 29 heavy (non-hydrogen) atoms. The summed E-state index contributed by atoms with van der Waals surface area (Å²) in [4.78, 5) is 24.3. The van der Waals surface area contributed by atoms with Crippen LogP contribution in [-0.2, 0) is 4.79 Å². The third-order valence-electron chi connectivity index (χ3n) is 4.27. The fourth-order valence-corrected chi connectivity index (χ4v) is 2.74. The number of para-hydroxylation sites is 1. The number of methoxy groups -OCH3 is 2. The normalized spacial score (nSPS) is 11.2. The molecule has 0 spiro atoms. The van der Waals surface area contributed by atoms with Gasteiger partial charge in [0, 0.05) is 16.5 Å². The maximum Gasteiger partial charge on any atom is 0.259 e. The van der Waals surface area contributed by atoms with E-state index in [1.807, 2.05) is 24.3 Å². The van der Waals surface area contributed by atoms with Gasteiger partial charge in [-0.1, -0.05) is 18.2 Å². The van der Waals surface area contributed by atoms with Crippen LogP contribution in [0.15, 0.2) is 58.2 Å². The highest BCUT2D eigenvalue weighted by atomic mass is 16.5. The molecule has 0 aliphatic carbocycles. The second kappa shape index (κ2) is 8.92. The summed E-state index contributed by atoms with van der Waals surface area (Å²) >= 11 is 0. The Hall–Kier alpha value is -3.81. The van der Waals surface area contributed by atoms with Gasteiger partial charge in [0.25, 0.3) is 11.8 Å². The number of hydrogen-bond acceptors (Lipinski definition) is 6. The summed E-state index contributed by atoms with van der Waals surface area (Å²) in [6, 6.07) is 12.3. The Bertz CT molecular complexity index is 1070. The number of nitrogens with zero attached hydrogens (tertiary/aromatic N) is 1. The molecule has 2 aromatic carbocycles. The molecule has 8 heteroatoms. The van der Waals surface area contributed by atoms with E-state index >= 15 is 0 Å². The molecule has 2 amide bonds. The predicted octanol–water partition coefficient (Wildman–Crippen LogP) is 2.72. The number of benzene rings is 2. The number of ether oxygens (including phenoxy) is 2. The lowest BCUT2D eigenvalue weighted by molar-refractivity contribution is -0.120. The van der Waals surface area contributed by atoms with E-state index in [2.05, 4.69) is 15.8 Å². The van der Waals surface area contributed by atoms with Crippen molar-refractivity contribution in [2.24, 2.45) is 5.10 Å². The third-order valence-corrected chi connectivity index (χ3v) is 4.27. The number of hydrogen-bond donors (Lipinski definition) is 2. The van der Waals surface area contributed by atoms with E-state index in [0.29, 0.717) is 22.8 Å². The zero-order chi connectivity index (χ0) is 20.8. The first-order valence-electron chi connectivity index (χ1n) is 8.83. The van der Waals surface area contributed by atoms with Crippen LogP contribution in [-0.4, -0.2) is 38.3 Å². The van der Waals surface area contributed by atoms with Crippen LogP contribution in [0.4, 0.5) is 0 Å². The van der Waals surface area contributed by atoms with Crippen molar-refractivity contribution in [1.29, 1.82) is 0 Å². The van der Waals surface area contributed by atoms with Gasteiger partial charge in [0.05, 0.1) is 26.5 Å². The Kier molecular flexibility index (Phi) is 6.13. The molecule has 150 valence electrons. The first-order valence-corrected chi connectivity index (χ1v) is 8.83. The number of hydrazone groups is 1. The highest BCUT2D eigenvalue weighted by Gasteiger charge is 2.12. The molecule has 0 radical (unpaired) electrons. The number of nitrogens with one attached hydrogen (secondary N) is 2. The Morgan fingerprint density at radius 1 is 1.07 bits per heavy atom. The second-order valence-corrected chi connectivity index (χ2v) is 6.13. The van der Waals surface area contributed by atoms with Crippen molar-refractivity contribution in [3.05, 3.63) is 59.9 Å². The molecule has 0 saturated heterocycles. The average molecular weight is 395 g/mol. The lowest BCUT2D eigenvalue weighted by Crippen LogP contribution is -2.35. The molecule has 0 aliphatic heterocycles. The van der Waals surface area contributed by atoms with Crippen molar-refractivity contribution < 1.29 is 23.5 Å². The molecular weight excluding hydrogens is 374 g/mol. The van der Waals surface area contributed by atoms with E-state index in [4.69, 9.17) is 13.9 Å². The molecule has 3 aromatic rings. The number of carbonyl (C=O) groups excluding carboxylic acids is 2. The summed E-state index contributed by atoms with van der Waals surface area (Å²) in [5.41, 5.74) is 4.90. The fourth-order valence-electron chi connectivity index (χ4n) is 2.74. The van der Waals surface area contributed by atoms with Crippen LogP contribution in [0.2, 0.25) is 0 Å². The van der Waals surface area contributed by atoms with Gasteiger partial charge in [-0.2, -0.15) is 5.10 Å². The molecule has 8 nitrogen and oxygen atoms in total. The van der Waals surface area contributed by atoms with Gasteiger partial charge in [-0.05, 0) is 31.2 Å². The zero-order valence-electron chi connectivity index (χ0n) is 16.3. The minimum Gasteiger partial charge on any atom is -0.493 e. The molecule has 0 atom stereocenters. The topological polar surface area (TPSA) is 102 Å². The molecule has 0 saturated carbocycles. The molecule has 3 rings (SSSR count). The van der Waals surface area contributed by atoms with Gasteiger partial charge in [0.2, 0.25) is 0 Å². The molecule has 0 aliphatic rings. The number of furan rings is 1. The van der Waals surface area contributed by atoms with E-state index in [-0.39, 0.29) is 6.54 Å². The molecule has 0 fully saturated rings. The third kappa shape index (κ3) is 4.55. The maximum atomic E-state index is 12.3. The van der Waals surface area contributed by atoms with Gasteiger partial charge >= 0.3 is 0 Å². The molecule has 2 N–H and O–H groups in total. The van der Waals surface area contributed by atoms with Crippen molar-refractivity contribution in [2.75, 3.05) is 20.8 Å². The average Bonchev–Trinajstić information content (AvgIpc) is 3.19. The van der Waals surface area contributed by atoms with Crippen molar-refractivity contribution in [1.82, 2.24) is 10.7 Å². The Labute approximate surface area is 167 Å². The summed E-state index contributed by atoms with van der Waals surface area (Å²) < 4.78 is 15.8. The molecule has 0 unspecified atom stereocenters. The minimum absolute atomic E-state index is 0.226.